The van der Waals surface area contributed by atoms with Crippen LogP contribution in [0.25, 0.3) is 22.3 Å². The molecule has 0 aromatic heterocycles. The van der Waals surface area contributed by atoms with E-state index < -0.39 is 11.8 Å². The number of hydrogen-bond donors (Lipinski definition) is 1. The molecule has 0 amide bonds. The molecule has 0 aliphatic rings. The van der Waals surface area contributed by atoms with E-state index in [2.05, 4.69) is 0 Å². The molecular weight excluding hydrogens is 379 g/mol. The molecule has 30 heavy (non-hydrogen) atoms. The first-order valence-electron chi connectivity index (χ1n) is 9.52. The first-order chi connectivity index (χ1) is 14.6. The Morgan fingerprint density at radius 1 is 0.733 bits per heavy atom. The van der Waals surface area contributed by atoms with Crippen molar-refractivity contribution in [2.75, 3.05) is 0 Å². The van der Waals surface area contributed by atoms with Gasteiger partial charge in [-0.2, -0.15) is 0 Å². The van der Waals surface area contributed by atoms with Crippen LogP contribution in [0.3, 0.4) is 0 Å². The molecule has 4 aromatic carbocycles. The summed E-state index contributed by atoms with van der Waals surface area (Å²) in [5, 5.41) is 9.60. The van der Waals surface area contributed by atoms with Crippen LogP contribution in [0.15, 0.2) is 97.1 Å². The van der Waals surface area contributed by atoms with Crippen LogP contribution in [0.4, 0.5) is 4.39 Å². The fourth-order valence-corrected chi connectivity index (χ4v) is 3.43. The lowest BCUT2D eigenvalue weighted by molar-refractivity contribution is 0.0697. The summed E-state index contributed by atoms with van der Waals surface area (Å²) < 4.78 is 20.1. The summed E-state index contributed by atoms with van der Waals surface area (Å²) in [5.41, 5.74) is 3.63. The molecule has 3 nitrogen and oxygen atoms in total. The Morgan fingerprint density at radius 3 is 2.03 bits per heavy atom. The predicted molar refractivity (Wildman–Crippen MR) is 115 cm³/mol. The van der Waals surface area contributed by atoms with Gasteiger partial charge in [-0.15, -0.1) is 0 Å². The van der Waals surface area contributed by atoms with Crippen LogP contribution >= 0.6 is 0 Å². The minimum absolute atomic E-state index is 0.0477. The van der Waals surface area contributed by atoms with Gasteiger partial charge in [0.25, 0.3) is 0 Å². The molecule has 0 saturated carbocycles. The average molecular weight is 398 g/mol. The molecular formula is C26H19FO3. The standard InChI is InChI=1S/C26H19FO3/c27-19-14-15-23(26(28)29)24(16-19)21-11-5-4-10-20(21)22-12-6-7-13-25(22)30-17-18-8-2-1-3-9-18/h1-16H,17H2,(H,28,29). The third-order valence-corrected chi connectivity index (χ3v) is 4.84. The molecule has 0 bridgehead atoms. The molecule has 0 aliphatic heterocycles. The summed E-state index contributed by atoms with van der Waals surface area (Å²) in [6.45, 7) is 0.403. The van der Waals surface area contributed by atoms with Gasteiger partial charge in [-0.05, 0) is 46.5 Å². The van der Waals surface area contributed by atoms with E-state index in [1.54, 1.807) is 6.07 Å². The van der Waals surface area contributed by atoms with Crippen molar-refractivity contribution in [3.63, 3.8) is 0 Å². The molecule has 0 saturated heterocycles. The van der Waals surface area contributed by atoms with E-state index in [1.807, 2.05) is 72.8 Å². The molecule has 0 aliphatic carbocycles. The first-order valence-corrected chi connectivity index (χ1v) is 9.52. The number of halogens is 1. The Balaban J connectivity index is 1.79. The molecule has 4 aromatic rings. The van der Waals surface area contributed by atoms with Crippen molar-refractivity contribution >= 4 is 5.97 Å². The summed E-state index contributed by atoms with van der Waals surface area (Å²) in [5.74, 6) is -0.922. The Bertz CT molecular complexity index is 1190. The van der Waals surface area contributed by atoms with E-state index in [9.17, 15) is 14.3 Å². The number of rotatable bonds is 6. The van der Waals surface area contributed by atoms with E-state index in [4.69, 9.17) is 4.74 Å². The van der Waals surface area contributed by atoms with E-state index in [0.717, 1.165) is 22.8 Å². The molecule has 4 heteroatoms. The maximum absolute atomic E-state index is 14.0. The van der Waals surface area contributed by atoms with Crippen LogP contribution in [-0.2, 0) is 6.61 Å². The Labute approximate surface area is 174 Å². The Kier molecular flexibility index (Phi) is 5.57. The van der Waals surface area contributed by atoms with Gasteiger partial charge < -0.3 is 9.84 Å². The highest BCUT2D eigenvalue weighted by molar-refractivity contribution is 5.99. The average Bonchev–Trinajstić information content (AvgIpc) is 2.78. The molecule has 4 rings (SSSR count). The van der Waals surface area contributed by atoms with E-state index in [-0.39, 0.29) is 5.56 Å². The van der Waals surface area contributed by atoms with E-state index in [1.165, 1.54) is 12.1 Å². The van der Waals surface area contributed by atoms with Crippen molar-refractivity contribution in [3.8, 4) is 28.0 Å². The predicted octanol–water partition coefficient (Wildman–Crippen LogP) is 6.44. The summed E-state index contributed by atoms with van der Waals surface area (Å²) in [7, 11) is 0. The second-order valence-corrected chi connectivity index (χ2v) is 6.81. The monoisotopic (exact) mass is 398 g/mol. The topological polar surface area (TPSA) is 46.5 Å². The van der Waals surface area contributed by atoms with Crippen LogP contribution in [-0.4, -0.2) is 11.1 Å². The molecule has 0 radical (unpaired) electrons. The third-order valence-electron chi connectivity index (χ3n) is 4.84. The van der Waals surface area contributed by atoms with Gasteiger partial charge in [0.2, 0.25) is 0 Å². The number of ether oxygens (including phenoxy) is 1. The van der Waals surface area contributed by atoms with Crippen LogP contribution in [0.5, 0.6) is 5.75 Å². The van der Waals surface area contributed by atoms with Crippen molar-refractivity contribution in [2.45, 2.75) is 6.61 Å². The van der Waals surface area contributed by atoms with Gasteiger partial charge >= 0.3 is 5.97 Å². The second-order valence-electron chi connectivity index (χ2n) is 6.81. The molecule has 0 unspecified atom stereocenters. The Hall–Kier alpha value is -3.92. The van der Waals surface area contributed by atoms with E-state index >= 15 is 0 Å². The van der Waals surface area contributed by atoms with Crippen molar-refractivity contribution < 1.29 is 19.0 Å². The lowest BCUT2D eigenvalue weighted by atomic mass is 9.91. The second kappa shape index (κ2) is 8.62. The van der Waals surface area contributed by atoms with Crippen molar-refractivity contribution in [1.82, 2.24) is 0 Å². The lowest BCUT2D eigenvalue weighted by Crippen LogP contribution is -2.01. The number of carboxylic acids is 1. The van der Waals surface area contributed by atoms with Gasteiger partial charge in [-0.25, -0.2) is 9.18 Å². The van der Waals surface area contributed by atoms with Gasteiger partial charge in [0.15, 0.2) is 0 Å². The summed E-state index contributed by atoms with van der Waals surface area (Å²) >= 11 is 0. The van der Waals surface area contributed by atoms with Crippen molar-refractivity contribution in [1.29, 1.82) is 0 Å². The number of benzene rings is 4. The van der Waals surface area contributed by atoms with Crippen molar-refractivity contribution in [2.24, 2.45) is 0 Å². The minimum Gasteiger partial charge on any atom is -0.488 e. The molecule has 0 spiro atoms. The zero-order chi connectivity index (χ0) is 20.9. The summed E-state index contributed by atoms with van der Waals surface area (Å²) in [6.07, 6.45) is 0. The quantitative estimate of drug-likeness (QED) is 0.407. The smallest absolute Gasteiger partial charge is 0.336 e. The van der Waals surface area contributed by atoms with Crippen molar-refractivity contribution in [3.05, 3.63) is 114 Å². The van der Waals surface area contributed by atoms with Gasteiger partial charge in [-0.1, -0.05) is 72.8 Å². The molecule has 0 atom stereocenters. The number of hydrogen-bond acceptors (Lipinski definition) is 2. The maximum Gasteiger partial charge on any atom is 0.336 e. The molecule has 0 heterocycles. The zero-order valence-electron chi connectivity index (χ0n) is 16.1. The highest BCUT2D eigenvalue weighted by Crippen LogP contribution is 2.38. The van der Waals surface area contributed by atoms with Crippen LogP contribution in [0.2, 0.25) is 0 Å². The highest BCUT2D eigenvalue weighted by Gasteiger charge is 2.18. The van der Waals surface area contributed by atoms with E-state index in [0.29, 0.717) is 23.5 Å². The fraction of sp³-hybridized carbons (Fsp3) is 0.0385. The maximum atomic E-state index is 14.0. The summed E-state index contributed by atoms with van der Waals surface area (Å²) in [6, 6.07) is 28.5. The number of carboxylic acid groups (broad SMARTS) is 1. The van der Waals surface area contributed by atoms with Gasteiger partial charge in [0.05, 0.1) is 5.56 Å². The number of carbonyl (C=O) groups is 1. The highest BCUT2D eigenvalue weighted by atomic mass is 19.1. The van der Waals surface area contributed by atoms with Crippen LogP contribution < -0.4 is 4.74 Å². The van der Waals surface area contributed by atoms with Gasteiger partial charge in [0, 0.05) is 5.56 Å². The first kappa shape index (κ1) is 19.4. The SMILES string of the molecule is O=C(O)c1ccc(F)cc1-c1ccccc1-c1ccccc1OCc1ccccc1. The Morgan fingerprint density at radius 2 is 1.33 bits per heavy atom. The van der Waals surface area contributed by atoms with Gasteiger partial charge in [0.1, 0.15) is 18.2 Å². The van der Waals surface area contributed by atoms with Crippen LogP contribution in [0, 0.1) is 5.82 Å². The number of para-hydroxylation sites is 1. The van der Waals surface area contributed by atoms with Crippen LogP contribution in [0.1, 0.15) is 15.9 Å². The largest absolute Gasteiger partial charge is 0.488 e. The zero-order valence-corrected chi connectivity index (χ0v) is 16.1. The van der Waals surface area contributed by atoms with Gasteiger partial charge in [-0.3, -0.25) is 0 Å². The fourth-order valence-electron chi connectivity index (χ4n) is 3.43. The number of aromatic carboxylic acids is 1. The normalized spacial score (nSPS) is 10.6. The molecule has 148 valence electrons. The minimum atomic E-state index is -1.10. The molecule has 1 N–H and O–H groups in total. The summed E-state index contributed by atoms with van der Waals surface area (Å²) in [4.78, 5) is 11.7. The molecule has 0 fully saturated rings. The third kappa shape index (κ3) is 4.08. The lowest BCUT2D eigenvalue weighted by Gasteiger charge is -2.16.